The molecule has 0 fully saturated rings. The van der Waals surface area contributed by atoms with Crippen LogP contribution in [0.3, 0.4) is 0 Å². The first-order chi connectivity index (χ1) is 11.4. The molecule has 0 aliphatic carbocycles. The number of carbonyl (C=O) groups is 2. The number of anilines is 1. The predicted molar refractivity (Wildman–Crippen MR) is 94.8 cm³/mol. The first-order valence-corrected chi connectivity index (χ1v) is 7.91. The first kappa shape index (κ1) is 18.1. The van der Waals surface area contributed by atoms with E-state index >= 15 is 0 Å². The molecule has 0 saturated carbocycles. The molecule has 0 bridgehead atoms. The van der Waals surface area contributed by atoms with Crippen molar-refractivity contribution in [1.82, 2.24) is 5.32 Å². The van der Waals surface area contributed by atoms with E-state index in [2.05, 4.69) is 10.6 Å². The van der Waals surface area contributed by atoms with E-state index in [1.54, 1.807) is 24.3 Å². The summed E-state index contributed by atoms with van der Waals surface area (Å²) in [7, 11) is 0. The smallest absolute Gasteiger partial charge is 0.258 e. The second-order valence-electron chi connectivity index (χ2n) is 5.05. The molecule has 2 rings (SSSR count). The van der Waals surface area contributed by atoms with Crippen LogP contribution in [0.1, 0.15) is 5.56 Å². The number of halogens is 2. The van der Waals surface area contributed by atoms with Crippen molar-refractivity contribution in [3.8, 4) is 5.75 Å². The largest absolute Gasteiger partial charge is 0.484 e. The van der Waals surface area contributed by atoms with Gasteiger partial charge >= 0.3 is 0 Å². The van der Waals surface area contributed by atoms with Crippen LogP contribution in [0.25, 0.3) is 0 Å². The van der Waals surface area contributed by atoms with Gasteiger partial charge in [0.2, 0.25) is 5.91 Å². The molecule has 0 heterocycles. The molecule has 2 amide bonds. The molecule has 0 spiro atoms. The Labute approximate surface area is 149 Å². The minimum Gasteiger partial charge on any atom is -0.484 e. The van der Waals surface area contributed by atoms with E-state index in [0.717, 1.165) is 5.56 Å². The van der Waals surface area contributed by atoms with E-state index in [1.165, 1.54) is 6.07 Å². The fourth-order valence-corrected chi connectivity index (χ4v) is 2.14. The number of hydrogen-bond acceptors (Lipinski definition) is 3. The van der Waals surface area contributed by atoms with E-state index in [9.17, 15) is 9.59 Å². The van der Waals surface area contributed by atoms with Gasteiger partial charge in [0.15, 0.2) is 6.61 Å². The van der Waals surface area contributed by atoms with Crippen LogP contribution in [-0.4, -0.2) is 25.0 Å². The Balaban J connectivity index is 1.75. The van der Waals surface area contributed by atoms with Gasteiger partial charge in [-0.3, -0.25) is 9.59 Å². The highest BCUT2D eigenvalue weighted by Gasteiger charge is 2.09. The molecule has 0 aliphatic rings. The van der Waals surface area contributed by atoms with Gasteiger partial charge in [0.1, 0.15) is 5.75 Å². The number of rotatable bonds is 6. The summed E-state index contributed by atoms with van der Waals surface area (Å²) < 4.78 is 5.33. The minimum atomic E-state index is -0.414. The van der Waals surface area contributed by atoms with E-state index < -0.39 is 11.8 Å². The minimum absolute atomic E-state index is 0.172. The number of aryl methyl sites for hydroxylation is 1. The lowest BCUT2D eigenvalue weighted by Gasteiger charge is -2.09. The topological polar surface area (TPSA) is 67.4 Å². The summed E-state index contributed by atoms with van der Waals surface area (Å²) in [4.78, 5) is 23.5. The van der Waals surface area contributed by atoms with Crippen molar-refractivity contribution >= 4 is 40.7 Å². The highest BCUT2D eigenvalue weighted by molar-refractivity contribution is 6.35. The van der Waals surface area contributed by atoms with Crippen molar-refractivity contribution in [3.05, 3.63) is 58.1 Å². The number of amides is 2. The van der Waals surface area contributed by atoms with E-state index in [-0.39, 0.29) is 13.2 Å². The summed E-state index contributed by atoms with van der Waals surface area (Å²) in [5.74, 6) is -0.225. The average molecular weight is 367 g/mol. The van der Waals surface area contributed by atoms with Gasteiger partial charge in [-0.05, 0) is 37.3 Å². The van der Waals surface area contributed by atoms with Crippen LogP contribution < -0.4 is 15.4 Å². The highest BCUT2D eigenvalue weighted by atomic mass is 35.5. The molecule has 0 saturated heterocycles. The van der Waals surface area contributed by atoms with Crippen LogP contribution in [0.5, 0.6) is 5.75 Å². The van der Waals surface area contributed by atoms with Crippen molar-refractivity contribution in [2.45, 2.75) is 6.92 Å². The van der Waals surface area contributed by atoms with Crippen LogP contribution in [0.15, 0.2) is 42.5 Å². The van der Waals surface area contributed by atoms with Crippen molar-refractivity contribution in [2.75, 3.05) is 18.5 Å². The molecule has 5 nitrogen and oxygen atoms in total. The third-order valence-corrected chi connectivity index (χ3v) is 3.60. The van der Waals surface area contributed by atoms with E-state index in [4.69, 9.17) is 27.9 Å². The molecular formula is C17H16Cl2N2O3. The lowest BCUT2D eigenvalue weighted by atomic mass is 10.2. The second-order valence-corrected chi connectivity index (χ2v) is 5.89. The average Bonchev–Trinajstić information content (AvgIpc) is 2.56. The zero-order chi connectivity index (χ0) is 17.5. The Morgan fingerprint density at radius 3 is 2.46 bits per heavy atom. The van der Waals surface area contributed by atoms with Gasteiger partial charge < -0.3 is 15.4 Å². The molecule has 0 atom stereocenters. The highest BCUT2D eigenvalue weighted by Crippen LogP contribution is 2.25. The quantitative estimate of drug-likeness (QED) is 0.822. The van der Waals surface area contributed by atoms with Gasteiger partial charge in [0, 0.05) is 5.02 Å². The van der Waals surface area contributed by atoms with Gasteiger partial charge in [-0.15, -0.1) is 0 Å². The molecule has 2 N–H and O–H groups in total. The van der Waals surface area contributed by atoms with Crippen molar-refractivity contribution < 1.29 is 14.3 Å². The molecular weight excluding hydrogens is 351 g/mol. The summed E-state index contributed by atoms with van der Waals surface area (Å²) in [6, 6.07) is 12.0. The fourth-order valence-electron chi connectivity index (χ4n) is 1.80. The lowest BCUT2D eigenvalue weighted by Crippen LogP contribution is -2.35. The maximum atomic E-state index is 11.8. The van der Waals surface area contributed by atoms with Crippen molar-refractivity contribution in [2.24, 2.45) is 0 Å². The fraction of sp³-hybridized carbons (Fsp3) is 0.176. The maximum Gasteiger partial charge on any atom is 0.258 e. The molecule has 24 heavy (non-hydrogen) atoms. The van der Waals surface area contributed by atoms with Crippen LogP contribution >= 0.6 is 23.2 Å². The van der Waals surface area contributed by atoms with Gasteiger partial charge in [-0.1, -0.05) is 40.9 Å². The third-order valence-electron chi connectivity index (χ3n) is 3.04. The Morgan fingerprint density at radius 1 is 1.04 bits per heavy atom. The molecule has 2 aromatic rings. The summed E-state index contributed by atoms with van der Waals surface area (Å²) in [6.45, 7) is 1.59. The van der Waals surface area contributed by atoms with Gasteiger partial charge in [-0.25, -0.2) is 0 Å². The summed E-state index contributed by atoms with van der Waals surface area (Å²) >= 11 is 11.8. The van der Waals surface area contributed by atoms with Gasteiger partial charge in [0.25, 0.3) is 5.91 Å². The Hall–Kier alpha value is -2.24. The molecule has 126 valence electrons. The number of nitrogens with one attached hydrogen (secondary N) is 2. The molecule has 0 aliphatic heterocycles. The monoisotopic (exact) mass is 366 g/mol. The molecule has 7 heteroatoms. The van der Waals surface area contributed by atoms with Crippen LogP contribution in [0, 0.1) is 6.92 Å². The maximum absolute atomic E-state index is 11.8. The normalized spacial score (nSPS) is 10.1. The van der Waals surface area contributed by atoms with Crippen LogP contribution in [-0.2, 0) is 9.59 Å². The first-order valence-electron chi connectivity index (χ1n) is 7.15. The molecule has 2 aromatic carbocycles. The van der Waals surface area contributed by atoms with Crippen LogP contribution in [0.4, 0.5) is 5.69 Å². The number of ether oxygens (including phenoxy) is 1. The molecule has 0 unspecified atom stereocenters. The Kier molecular flexibility index (Phi) is 6.46. The number of carbonyl (C=O) groups excluding carboxylic acids is 2. The van der Waals surface area contributed by atoms with E-state index in [1.807, 2.05) is 19.1 Å². The zero-order valence-corrected chi connectivity index (χ0v) is 14.4. The van der Waals surface area contributed by atoms with E-state index in [0.29, 0.717) is 21.5 Å². The SMILES string of the molecule is Cc1ccc(OCC(=O)NCC(=O)Nc2cc(Cl)ccc2Cl)cc1. The van der Waals surface area contributed by atoms with Gasteiger partial charge in [-0.2, -0.15) is 0 Å². The predicted octanol–water partition coefficient (Wildman–Crippen LogP) is 3.44. The molecule has 0 aromatic heterocycles. The van der Waals surface area contributed by atoms with Crippen molar-refractivity contribution in [1.29, 1.82) is 0 Å². The summed E-state index contributed by atoms with van der Waals surface area (Å²) in [6.07, 6.45) is 0. The Bertz CT molecular complexity index is 733. The second kappa shape index (κ2) is 8.57. The number of benzene rings is 2. The summed E-state index contributed by atoms with van der Waals surface area (Å²) in [5, 5.41) is 5.85. The van der Waals surface area contributed by atoms with Crippen molar-refractivity contribution in [3.63, 3.8) is 0 Å². The van der Waals surface area contributed by atoms with Gasteiger partial charge in [0.05, 0.1) is 17.3 Å². The third kappa shape index (κ3) is 5.76. The standard InChI is InChI=1S/C17H16Cl2N2O3/c1-11-2-5-13(6-3-11)24-10-17(23)20-9-16(22)21-15-8-12(18)4-7-14(15)19/h2-8H,9-10H2,1H3,(H,20,23)(H,21,22). The van der Waals surface area contributed by atoms with Crippen LogP contribution in [0.2, 0.25) is 10.0 Å². The lowest BCUT2D eigenvalue weighted by molar-refractivity contribution is -0.125. The summed E-state index contributed by atoms with van der Waals surface area (Å²) in [5.41, 5.74) is 1.49. The number of hydrogen-bond donors (Lipinski definition) is 2. The molecule has 0 radical (unpaired) electrons. The zero-order valence-electron chi connectivity index (χ0n) is 12.9. The Morgan fingerprint density at radius 2 is 1.75 bits per heavy atom.